The van der Waals surface area contributed by atoms with Crippen LogP contribution < -0.4 is 28.4 Å². The maximum atomic E-state index is 11.0. The Bertz CT molecular complexity index is 7050. The number of phenols is 3. The molecule has 12 aliphatic carbocycles. The summed E-state index contributed by atoms with van der Waals surface area (Å²) >= 11 is 0. The Morgan fingerprint density at radius 3 is 0.956 bits per heavy atom. The molecule has 0 saturated carbocycles. The van der Waals surface area contributed by atoms with E-state index in [9.17, 15) is 15.3 Å². The molecule has 12 aromatic rings. The zero-order valence-corrected chi connectivity index (χ0v) is 75.0. The van der Waals surface area contributed by atoms with Crippen LogP contribution in [0.3, 0.4) is 0 Å². The molecule has 0 fully saturated rings. The lowest BCUT2D eigenvalue weighted by atomic mass is 9.65. The van der Waals surface area contributed by atoms with Gasteiger partial charge < -0.3 is 43.7 Å². The Kier molecular flexibility index (Phi) is 21.9. The number of rotatable bonds is 18. The summed E-state index contributed by atoms with van der Waals surface area (Å²) in [4.78, 5) is 30.3. The van der Waals surface area contributed by atoms with Gasteiger partial charge in [-0.2, -0.15) is 0 Å². The lowest BCUT2D eigenvalue weighted by molar-refractivity contribution is 0.407. The summed E-state index contributed by atoms with van der Waals surface area (Å²) in [6, 6.07) is 76.6. The van der Waals surface area contributed by atoms with Crippen molar-refractivity contribution in [1.29, 1.82) is 0 Å². The van der Waals surface area contributed by atoms with E-state index in [1.807, 2.05) is 170 Å². The van der Waals surface area contributed by atoms with Crippen molar-refractivity contribution in [2.45, 2.75) is 19.3 Å². The van der Waals surface area contributed by atoms with Crippen LogP contribution in [0.1, 0.15) is 53.2 Å². The highest BCUT2D eigenvalue weighted by Crippen LogP contribution is 2.59. The van der Waals surface area contributed by atoms with Gasteiger partial charge in [-0.15, -0.1) is 0 Å². The van der Waals surface area contributed by atoms with Crippen molar-refractivity contribution >= 4 is 33.4 Å². The van der Waals surface area contributed by atoms with Gasteiger partial charge in [0.25, 0.3) is 0 Å². The molecule has 0 spiro atoms. The van der Waals surface area contributed by atoms with E-state index in [-0.39, 0.29) is 35.0 Å². The number of ether oxygens (including phenoxy) is 6. The Labute approximate surface area is 783 Å². The zero-order chi connectivity index (χ0) is 91.5. The molecule has 3 aromatic heterocycles. The van der Waals surface area contributed by atoms with Gasteiger partial charge in [0.05, 0.1) is 82.4 Å². The van der Waals surface area contributed by atoms with Crippen molar-refractivity contribution in [3.05, 3.63) is 482 Å². The fraction of sp³-hybridized carbons (Fsp3) is 0.100. The molecule has 24 rings (SSSR count). The number of para-hydroxylation sites is 3. The summed E-state index contributed by atoms with van der Waals surface area (Å²) < 4.78 is 33.3. The summed E-state index contributed by atoms with van der Waals surface area (Å²) in [7, 11) is 9.94. The molecule has 0 aliphatic heterocycles. The lowest BCUT2D eigenvalue weighted by Gasteiger charge is -2.38. The highest BCUT2D eigenvalue weighted by Gasteiger charge is 2.42. The summed E-state index contributed by atoms with van der Waals surface area (Å²) in [6.45, 7) is 0. The summed E-state index contributed by atoms with van der Waals surface area (Å²) in [5, 5.41) is 32.9. The molecule has 0 amide bonds. The molecule has 15 nitrogen and oxygen atoms in total. The van der Waals surface area contributed by atoms with Crippen molar-refractivity contribution in [2.24, 2.45) is 17.8 Å². The number of hydrogen-bond donors (Lipinski definition) is 3. The summed E-state index contributed by atoms with van der Waals surface area (Å²) in [5.74, 6) is 6.57. The van der Waals surface area contributed by atoms with E-state index in [2.05, 4.69) is 170 Å². The molecule has 0 saturated heterocycles. The van der Waals surface area contributed by atoms with Gasteiger partial charge in [-0.1, -0.05) is 273 Å². The predicted octanol–water partition coefficient (Wildman–Crippen LogP) is 26.1. The van der Waals surface area contributed by atoms with Crippen LogP contribution in [-0.2, 0) is 0 Å². The van der Waals surface area contributed by atoms with Crippen molar-refractivity contribution < 1.29 is 43.7 Å². The van der Waals surface area contributed by atoms with Crippen LogP contribution in [0.2, 0.25) is 0 Å². The number of aromatic hydroxyl groups is 3. The molecular formula is C120H90N6O9. The minimum Gasteiger partial charge on any atom is -0.507 e. The van der Waals surface area contributed by atoms with E-state index in [1.54, 1.807) is 66.9 Å². The van der Waals surface area contributed by atoms with E-state index in [0.29, 0.717) is 62.8 Å². The van der Waals surface area contributed by atoms with Crippen LogP contribution in [0.15, 0.2) is 448 Å². The first-order valence-electron chi connectivity index (χ1n) is 45.1. The quantitative estimate of drug-likeness (QED) is 0.0734. The maximum Gasteiger partial charge on any atom is 0.164 e. The number of allylic oxidation sites excluding steroid dienone is 42. The van der Waals surface area contributed by atoms with Crippen LogP contribution in [0.25, 0.3) is 101 Å². The average Bonchev–Trinajstić information content (AvgIpc) is 0.730. The van der Waals surface area contributed by atoms with Gasteiger partial charge in [-0.05, 0) is 192 Å². The van der Waals surface area contributed by atoms with Gasteiger partial charge >= 0.3 is 0 Å². The van der Waals surface area contributed by atoms with Crippen molar-refractivity contribution in [2.75, 3.05) is 42.7 Å². The number of aromatic nitrogens is 6. The van der Waals surface area contributed by atoms with E-state index >= 15 is 0 Å². The number of methoxy groups -OCH3 is 6. The van der Waals surface area contributed by atoms with Crippen molar-refractivity contribution in [3.8, 4) is 120 Å². The molecule has 15 heteroatoms. The first-order valence-corrected chi connectivity index (χ1v) is 45.1. The third kappa shape index (κ3) is 15.2. The number of phenolic OH excluding ortho intramolecular Hbond substituents is 3. The standard InChI is InChI=1S/3C40H30N2O3/c1-44-27-16-21-33(36(43)22-27)35-23-34(41-40(42-35)26-8-4-3-5-9-26)29-18-13-25-14-19-31-28(30-10-6-7-11-37(30)45-2)17-12-24-15-20-32(29)39(25)38(24)31;1-44-27-16-21-33(36(43)22-27)40-41-34(24-8-4-3-5-9-24)23-35(42-40)29-18-13-26-14-19-31-28(30-10-6-7-11-37(30)45-2)17-12-25-15-20-32(29)39(26)38(25)31;1-44-27-16-21-33(36(43)22-27)35-23-34(24-8-4-3-5-9-24)41-40(42-35)32-20-15-26-13-18-30-28(29-10-6-7-11-37(29)45-2)17-12-25-14-19-31(32)39(26)38(25)30/h3*3-11,13-23,39,43H,12H2,1-2H3. The normalized spacial score (nSPS) is 17.8. The molecule has 0 bridgehead atoms. The molecule has 3 unspecified atom stereocenters. The Morgan fingerprint density at radius 1 is 0.244 bits per heavy atom. The fourth-order valence-electron chi connectivity index (χ4n) is 20.4. The molecule has 135 heavy (non-hydrogen) atoms. The molecule has 3 N–H and O–H groups in total. The Hall–Kier alpha value is -17.0. The second-order valence-electron chi connectivity index (χ2n) is 34.2. The van der Waals surface area contributed by atoms with E-state index in [0.717, 1.165) is 109 Å². The first-order chi connectivity index (χ1) is 66.4. The number of nitrogens with zero attached hydrogens (tertiary/aromatic N) is 6. The van der Waals surface area contributed by atoms with Crippen LogP contribution in [0, 0.1) is 17.8 Å². The van der Waals surface area contributed by atoms with Crippen molar-refractivity contribution in [1.82, 2.24) is 29.9 Å². The van der Waals surface area contributed by atoms with Gasteiger partial charge in [0.15, 0.2) is 17.5 Å². The highest BCUT2D eigenvalue weighted by molar-refractivity contribution is 5.99. The van der Waals surface area contributed by atoms with Crippen LogP contribution in [0.5, 0.6) is 51.7 Å². The molecule has 0 radical (unpaired) electrons. The van der Waals surface area contributed by atoms with E-state index < -0.39 is 0 Å². The van der Waals surface area contributed by atoms with E-state index in [4.69, 9.17) is 58.3 Å². The highest BCUT2D eigenvalue weighted by atomic mass is 16.5. The van der Waals surface area contributed by atoms with Gasteiger partial charge in [0, 0.05) is 97.2 Å². The smallest absolute Gasteiger partial charge is 0.164 e. The van der Waals surface area contributed by atoms with E-state index in [1.165, 1.54) is 100 Å². The van der Waals surface area contributed by atoms with Crippen LogP contribution in [-0.4, -0.2) is 87.9 Å². The molecule has 654 valence electrons. The number of benzene rings is 9. The van der Waals surface area contributed by atoms with Gasteiger partial charge in [-0.25, -0.2) is 29.9 Å². The van der Waals surface area contributed by atoms with Gasteiger partial charge in [0.1, 0.15) is 51.7 Å². The summed E-state index contributed by atoms with van der Waals surface area (Å²) in [6.07, 6.45) is 49.7. The Balaban J connectivity index is 0.000000118. The third-order valence-electron chi connectivity index (χ3n) is 26.9. The molecular weight excluding hydrogens is 1670 g/mol. The maximum absolute atomic E-state index is 11.0. The fourth-order valence-corrected chi connectivity index (χ4v) is 20.4. The predicted molar refractivity (Wildman–Crippen MR) is 536 cm³/mol. The molecule has 3 heterocycles. The minimum absolute atomic E-state index is 0.0693. The van der Waals surface area contributed by atoms with Gasteiger partial charge in [0.2, 0.25) is 0 Å². The topological polar surface area (TPSA) is 193 Å². The van der Waals surface area contributed by atoms with Crippen LogP contribution >= 0.6 is 0 Å². The lowest BCUT2D eigenvalue weighted by Crippen LogP contribution is -2.24. The average molecular weight is 1760 g/mol. The van der Waals surface area contributed by atoms with Crippen LogP contribution in [0.4, 0.5) is 0 Å². The van der Waals surface area contributed by atoms with Gasteiger partial charge in [-0.3, -0.25) is 0 Å². The minimum atomic E-state index is 0.0693. The molecule has 9 aromatic carbocycles. The third-order valence-corrected chi connectivity index (χ3v) is 26.9. The SMILES string of the molecule is COc1ccc(-c2cc(-c3ccccc3)nc(C3=CC=C4C=CC5=C6C(=CC=C3C46)CC=C5c3ccccc3OC)n2)c(O)c1.COc1ccc(-c2cc(C3=CC=C4C=CC5=C6C(=CC=C3C46)CC=C5c3ccccc3OC)nc(-c3ccccc3)n2)c(O)c1.COc1ccc(-c2nc(C3=CC=C4C=CC5=C6C(=CC=C3C46)CC=C5c3ccccc3OC)cc(-c3ccccc3)n2)c(O)c1. The zero-order valence-electron chi connectivity index (χ0n) is 75.0. The first kappa shape index (κ1) is 83.6. The second kappa shape index (κ2) is 35.3. The summed E-state index contributed by atoms with van der Waals surface area (Å²) in [5.41, 5.74) is 38.2. The molecule has 3 atom stereocenters. The second-order valence-corrected chi connectivity index (χ2v) is 34.2. The monoisotopic (exact) mass is 1760 g/mol. The number of hydrogen-bond acceptors (Lipinski definition) is 15. The largest absolute Gasteiger partial charge is 0.507 e. The van der Waals surface area contributed by atoms with Crippen molar-refractivity contribution in [3.63, 3.8) is 0 Å². The molecule has 12 aliphatic rings. The Morgan fingerprint density at radius 2 is 0.563 bits per heavy atom.